The average molecular weight is 287 g/mol. The lowest BCUT2D eigenvalue weighted by atomic mass is 9.95. The Balaban J connectivity index is 2.07. The summed E-state index contributed by atoms with van der Waals surface area (Å²) in [4.78, 5) is 6.43. The molecule has 0 saturated carbocycles. The van der Waals surface area contributed by atoms with Crippen LogP contribution in [-0.4, -0.2) is 33.1 Å². The summed E-state index contributed by atoms with van der Waals surface area (Å²) in [5.41, 5.74) is 4.60. The van der Waals surface area contributed by atoms with Crippen LogP contribution in [0.25, 0.3) is 0 Å². The van der Waals surface area contributed by atoms with Crippen molar-refractivity contribution in [3.05, 3.63) is 52.6 Å². The van der Waals surface area contributed by atoms with E-state index in [1.807, 2.05) is 24.9 Å². The average Bonchev–Trinajstić information content (AvgIpc) is 2.73. The highest BCUT2D eigenvalue weighted by atomic mass is 16.3. The van der Waals surface area contributed by atoms with E-state index in [1.165, 1.54) is 5.56 Å². The number of aromatic nitrogens is 2. The predicted molar refractivity (Wildman–Crippen MR) is 85.2 cm³/mol. The summed E-state index contributed by atoms with van der Waals surface area (Å²) in [6.45, 7) is 7.54. The van der Waals surface area contributed by atoms with Crippen molar-refractivity contribution in [3.63, 3.8) is 0 Å². The fourth-order valence-electron chi connectivity index (χ4n) is 2.96. The highest BCUT2D eigenvalue weighted by Crippen LogP contribution is 2.24. The Labute approximate surface area is 127 Å². The molecule has 114 valence electrons. The highest BCUT2D eigenvalue weighted by Gasteiger charge is 2.16. The number of hydrogen-bond donors (Lipinski definition) is 1. The molecule has 2 aromatic rings. The molecule has 1 aromatic carbocycles. The molecule has 1 aromatic heterocycles. The van der Waals surface area contributed by atoms with Crippen molar-refractivity contribution in [1.29, 1.82) is 0 Å². The van der Waals surface area contributed by atoms with Crippen molar-refractivity contribution in [1.82, 2.24) is 14.5 Å². The Hall–Kier alpha value is -1.65. The Morgan fingerprint density at radius 2 is 1.86 bits per heavy atom. The quantitative estimate of drug-likeness (QED) is 0.918. The molecule has 0 fully saturated rings. The van der Waals surface area contributed by atoms with Crippen LogP contribution in [0.2, 0.25) is 0 Å². The second kappa shape index (κ2) is 6.41. The van der Waals surface area contributed by atoms with E-state index in [0.717, 1.165) is 29.1 Å². The van der Waals surface area contributed by atoms with Crippen LogP contribution in [0.4, 0.5) is 0 Å². The molecular weight excluding hydrogens is 262 g/mol. The van der Waals surface area contributed by atoms with E-state index < -0.39 is 6.10 Å². The Morgan fingerprint density at radius 1 is 1.24 bits per heavy atom. The topological polar surface area (TPSA) is 41.3 Å². The van der Waals surface area contributed by atoms with Crippen molar-refractivity contribution in [2.75, 3.05) is 13.6 Å². The molecule has 21 heavy (non-hydrogen) atoms. The molecule has 2 rings (SSSR count). The lowest BCUT2D eigenvalue weighted by molar-refractivity contribution is 0.121. The first-order chi connectivity index (χ1) is 9.88. The lowest BCUT2D eigenvalue weighted by Crippen LogP contribution is -2.26. The molecule has 0 bridgehead atoms. The van der Waals surface area contributed by atoms with Crippen LogP contribution in [-0.2, 0) is 13.6 Å². The molecule has 1 atom stereocenters. The summed E-state index contributed by atoms with van der Waals surface area (Å²) in [7, 11) is 4.00. The second-order valence-corrected chi connectivity index (χ2v) is 5.98. The number of aliphatic hydroxyl groups is 1. The molecule has 1 N–H and O–H groups in total. The molecule has 1 unspecified atom stereocenters. The number of aliphatic hydroxyl groups excluding tert-OH is 1. The zero-order chi connectivity index (χ0) is 15.6. The molecular formula is C17H25N3O. The predicted octanol–water partition coefficient (Wildman–Crippen LogP) is 2.51. The van der Waals surface area contributed by atoms with Crippen molar-refractivity contribution < 1.29 is 5.11 Å². The first-order valence-corrected chi connectivity index (χ1v) is 7.29. The standard InChI is InChI=1S/C17H25N3O/c1-12-8-13(2)17(14(3)9-12)15(21)10-19(4)11-16-18-6-7-20(16)5/h6-9,15,21H,10-11H2,1-5H3. The Kier molecular flexibility index (Phi) is 4.80. The number of benzene rings is 1. The Morgan fingerprint density at radius 3 is 2.38 bits per heavy atom. The molecule has 0 aliphatic heterocycles. The maximum Gasteiger partial charge on any atom is 0.122 e. The van der Waals surface area contributed by atoms with E-state index in [9.17, 15) is 5.11 Å². The van der Waals surface area contributed by atoms with Gasteiger partial charge in [-0.2, -0.15) is 0 Å². The van der Waals surface area contributed by atoms with Gasteiger partial charge in [0, 0.05) is 26.0 Å². The molecule has 4 heteroatoms. The smallest absolute Gasteiger partial charge is 0.122 e. The van der Waals surface area contributed by atoms with Gasteiger partial charge in [0.25, 0.3) is 0 Å². The normalized spacial score (nSPS) is 12.9. The summed E-state index contributed by atoms with van der Waals surface area (Å²) in [6, 6.07) is 4.26. The van der Waals surface area contributed by atoms with Crippen LogP contribution < -0.4 is 0 Å². The van der Waals surface area contributed by atoms with Crippen molar-refractivity contribution in [2.45, 2.75) is 33.4 Å². The molecule has 0 radical (unpaired) electrons. The Bertz CT molecular complexity index is 595. The highest BCUT2D eigenvalue weighted by molar-refractivity contribution is 5.39. The van der Waals surface area contributed by atoms with Gasteiger partial charge < -0.3 is 9.67 Å². The minimum absolute atomic E-state index is 0.476. The van der Waals surface area contributed by atoms with Crippen LogP contribution in [0, 0.1) is 20.8 Å². The summed E-state index contributed by atoms with van der Waals surface area (Å²) in [5.74, 6) is 1.00. The monoisotopic (exact) mass is 287 g/mol. The summed E-state index contributed by atoms with van der Waals surface area (Å²) in [5, 5.41) is 10.6. The molecule has 1 heterocycles. The fourth-order valence-corrected chi connectivity index (χ4v) is 2.96. The number of hydrogen-bond acceptors (Lipinski definition) is 3. The number of rotatable bonds is 5. The van der Waals surface area contributed by atoms with Crippen LogP contribution in [0.5, 0.6) is 0 Å². The van der Waals surface area contributed by atoms with Gasteiger partial charge in [-0.05, 0) is 44.5 Å². The van der Waals surface area contributed by atoms with Gasteiger partial charge in [0.05, 0.1) is 12.6 Å². The van der Waals surface area contributed by atoms with E-state index in [0.29, 0.717) is 6.54 Å². The van der Waals surface area contributed by atoms with Gasteiger partial charge in [0.2, 0.25) is 0 Å². The van der Waals surface area contributed by atoms with Gasteiger partial charge in [-0.1, -0.05) is 17.7 Å². The van der Waals surface area contributed by atoms with Gasteiger partial charge in [0.1, 0.15) is 5.82 Å². The maximum absolute atomic E-state index is 10.6. The van der Waals surface area contributed by atoms with Crippen molar-refractivity contribution in [3.8, 4) is 0 Å². The van der Waals surface area contributed by atoms with E-state index in [4.69, 9.17) is 0 Å². The van der Waals surface area contributed by atoms with E-state index >= 15 is 0 Å². The number of nitrogens with zero attached hydrogens (tertiary/aromatic N) is 3. The number of aryl methyl sites for hydroxylation is 4. The van der Waals surface area contributed by atoms with E-state index in [1.54, 1.807) is 6.20 Å². The summed E-state index contributed by atoms with van der Waals surface area (Å²) < 4.78 is 2.01. The summed E-state index contributed by atoms with van der Waals surface area (Å²) >= 11 is 0. The zero-order valence-corrected chi connectivity index (χ0v) is 13.6. The SMILES string of the molecule is Cc1cc(C)c(C(O)CN(C)Cc2nccn2C)c(C)c1. The number of likely N-dealkylation sites (N-methyl/N-ethyl adjacent to an activating group) is 1. The minimum atomic E-state index is -0.476. The maximum atomic E-state index is 10.6. The van der Waals surface area contributed by atoms with Gasteiger partial charge in [-0.3, -0.25) is 4.90 Å². The van der Waals surface area contributed by atoms with Crippen molar-refractivity contribution in [2.24, 2.45) is 7.05 Å². The molecule has 0 aliphatic carbocycles. The molecule has 0 amide bonds. The van der Waals surface area contributed by atoms with E-state index in [2.05, 4.69) is 42.8 Å². The van der Waals surface area contributed by atoms with Gasteiger partial charge >= 0.3 is 0 Å². The number of imidazole rings is 1. The van der Waals surface area contributed by atoms with Crippen LogP contribution in [0.3, 0.4) is 0 Å². The van der Waals surface area contributed by atoms with Gasteiger partial charge in [0.15, 0.2) is 0 Å². The third-order valence-electron chi connectivity index (χ3n) is 3.89. The second-order valence-electron chi connectivity index (χ2n) is 5.98. The minimum Gasteiger partial charge on any atom is -0.387 e. The third-order valence-corrected chi connectivity index (χ3v) is 3.89. The van der Waals surface area contributed by atoms with E-state index in [-0.39, 0.29) is 0 Å². The molecule has 0 aliphatic rings. The fraction of sp³-hybridized carbons (Fsp3) is 0.471. The van der Waals surface area contributed by atoms with Crippen LogP contribution in [0.15, 0.2) is 24.5 Å². The molecule has 0 spiro atoms. The largest absolute Gasteiger partial charge is 0.387 e. The zero-order valence-electron chi connectivity index (χ0n) is 13.6. The third kappa shape index (κ3) is 3.71. The van der Waals surface area contributed by atoms with Gasteiger partial charge in [-0.25, -0.2) is 4.98 Å². The summed E-state index contributed by atoms with van der Waals surface area (Å²) in [6.07, 6.45) is 3.26. The van der Waals surface area contributed by atoms with Crippen LogP contribution >= 0.6 is 0 Å². The van der Waals surface area contributed by atoms with Crippen molar-refractivity contribution >= 4 is 0 Å². The molecule has 4 nitrogen and oxygen atoms in total. The molecule has 0 saturated heterocycles. The first-order valence-electron chi connectivity index (χ1n) is 7.29. The lowest BCUT2D eigenvalue weighted by Gasteiger charge is -2.23. The first kappa shape index (κ1) is 15.7. The van der Waals surface area contributed by atoms with Crippen LogP contribution in [0.1, 0.15) is 34.2 Å². The van der Waals surface area contributed by atoms with Gasteiger partial charge in [-0.15, -0.1) is 0 Å².